The number of aromatic amines is 1. The third kappa shape index (κ3) is 1.79. The van der Waals surface area contributed by atoms with Crippen molar-refractivity contribution in [3.05, 3.63) is 47.5 Å². The first-order valence-electron chi connectivity index (χ1n) is 5.73. The highest BCUT2D eigenvalue weighted by atomic mass is 15.0. The highest BCUT2D eigenvalue weighted by Crippen LogP contribution is 2.16. The van der Waals surface area contributed by atoms with Gasteiger partial charge in [0.1, 0.15) is 17.7 Å². The second kappa shape index (κ2) is 4.10. The predicted molar refractivity (Wildman–Crippen MR) is 70.1 cm³/mol. The molecule has 90 valence electrons. The minimum atomic E-state index is 0.434. The molecule has 0 saturated carbocycles. The van der Waals surface area contributed by atoms with Gasteiger partial charge in [-0.2, -0.15) is 0 Å². The molecule has 0 atom stereocenters. The number of hydrogen-bond acceptors (Lipinski definition) is 4. The molecule has 0 amide bonds. The smallest absolute Gasteiger partial charge is 0.183 e. The number of hydrogen-bond donors (Lipinski definition) is 2. The third-order valence-electron chi connectivity index (χ3n) is 2.99. The number of benzene rings is 1. The lowest BCUT2D eigenvalue weighted by molar-refractivity contribution is 1.02. The molecule has 0 spiro atoms. The van der Waals surface area contributed by atoms with Gasteiger partial charge in [-0.25, -0.2) is 15.0 Å². The monoisotopic (exact) mass is 239 g/mol. The number of nitrogens with zero attached hydrogens (tertiary/aromatic N) is 3. The van der Waals surface area contributed by atoms with Crippen molar-refractivity contribution in [2.75, 3.05) is 5.73 Å². The standard InChI is InChI=1S/C13H13N5/c1-8-4-2-3-5-9(8)6-10-17-11-12(14)15-7-16-13(11)18-10/h2-5,7H,6H2,1H3,(H3,14,15,16,17,18). The number of nitrogen functional groups attached to an aromatic ring is 1. The maximum Gasteiger partial charge on any atom is 0.183 e. The highest BCUT2D eigenvalue weighted by molar-refractivity contribution is 5.81. The van der Waals surface area contributed by atoms with Crippen LogP contribution in [0.1, 0.15) is 17.0 Å². The molecule has 2 aromatic heterocycles. The Balaban J connectivity index is 2.01. The zero-order chi connectivity index (χ0) is 12.5. The van der Waals surface area contributed by atoms with Gasteiger partial charge in [0.2, 0.25) is 0 Å². The van der Waals surface area contributed by atoms with Crippen LogP contribution in [-0.2, 0) is 6.42 Å². The Labute approximate surface area is 104 Å². The predicted octanol–water partition coefficient (Wildman–Crippen LogP) is 1.83. The molecule has 0 radical (unpaired) electrons. The molecule has 0 aliphatic carbocycles. The molecule has 1 aromatic carbocycles. The van der Waals surface area contributed by atoms with Crippen LogP contribution in [0.15, 0.2) is 30.6 Å². The molecule has 0 saturated heterocycles. The average Bonchev–Trinajstić information content (AvgIpc) is 2.76. The Kier molecular flexibility index (Phi) is 2.44. The third-order valence-corrected chi connectivity index (χ3v) is 2.99. The molecule has 3 aromatic rings. The quantitative estimate of drug-likeness (QED) is 0.715. The number of nitrogens with two attached hydrogens (primary N) is 1. The Morgan fingerprint density at radius 1 is 1.22 bits per heavy atom. The van der Waals surface area contributed by atoms with Crippen molar-refractivity contribution in [3.8, 4) is 0 Å². The van der Waals surface area contributed by atoms with Crippen molar-refractivity contribution in [1.29, 1.82) is 0 Å². The van der Waals surface area contributed by atoms with Crippen LogP contribution in [0.3, 0.4) is 0 Å². The summed E-state index contributed by atoms with van der Waals surface area (Å²) >= 11 is 0. The first-order chi connectivity index (χ1) is 8.74. The second-order valence-corrected chi connectivity index (χ2v) is 4.24. The normalized spacial score (nSPS) is 10.9. The van der Waals surface area contributed by atoms with Gasteiger partial charge < -0.3 is 10.7 Å². The topological polar surface area (TPSA) is 80.5 Å². The minimum Gasteiger partial charge on any atom is -0.382 e. The summed E-state index contributed by atoms with van der Waals surface area (Å²) in [5.41, 5.74) is 9.58. The summed E-state index contributed by atoms with van der Waals surface area (Å²) < 4.78 is 0. The van der Waals surface area contributed by atoms with Crippen LogP contribution in [0, 0.1) is 6.92 Å². The lowest BCUT2D eigenvalue weighted by Gasteiger charge is -2.02. The number of rotatable bonds is 2. The Hall–Kier alpha value is -2.43. The van der Waals surface area contributed by atoms with Crippen molar-refractivity contribution in [3.63, 3.8) is 0 Å². The Morgan fingerprint density at radius 3 is 2.83 bits per heavy atom. The molecule has 3 N–H and O–H groups in total. The molecular formula is C13H13N5. The van der Waals surface area contributed by atoms with E-state index in [1.807, 2.05) is 12.1 Å². The summed E-state index contributed by atoms with van der Waals surface area (Å²) in [5, 5.41) is 0. The van der Waals surface area contributed by atoms with Crippen LogP contribution in [0.4, 0.5) is 5.82 Å². The molecule has 5 heteroatoms. The van der Waals surface area contributed by atoms with E-state index in [2.05, 4.69) is 39.0 Å². The highest BCUT2D eigenvalue weighted by Gasteiger charge is 2.08. The Bertz CT molecular complexity index is 701. The van der Waals surface area contributed by atoms with E-state index in [0.29, 0.717) is 17.0 Å². The summed E-state index contributed by atoms with van der Waals surface area (Å²) in [4.78, 5) is 15.6. The first kappa shape index (κ1) is 10.7. The summed E-state index contributed by atoms with van der Waals surface area (Å²) in [7, 11) is 0. The molecule has 0 fully saturated rings. The molecular weight excluding hydrogens is 226 g/mol. The van der Waals surface area contributed by atoms with E-state index in [0.717, 1.165) is 12.2 Å². The van der Waals surface area contributed by atoms with Gasteiger partial charge >= 0.3 is 0 Å². The molecule has 18 heavy (non-hydrogen) atoms. The van der Waals surface area contributed by atoms with E-state index in [1.54, 1.807) is 0 Å². The number of fused-ring (bicyclic) bond motifs is 1. The van der Waals surface area contributed by atoms with Crippen molar-refractivity contribution < 1.29 is 0 Å². The van der Waals surface area contributed by atoms with Gasteiger partial charge in [0.25, 0.3) is 0 Å². The minimum absolute atomic E-state index is 0.434. The molecule has 0 bridgehead atoms. The van der Waals surface area contributed by atoms with Crippen molar-refractivity contribution in [1.82, 2.24) is 19.9 Å². The van der Waals surface area contributed by atoms with E-state index in [9.17, 15) is 0 Å². The van der Waals surface area contributed by atoms with Gasteiger partial charge in [0.15, 0.2) is 11.5 Å². The van der Waals surface area contributed by atoms with Crippen LogP contribution >= 0.6 is 0 Å². The van der Waals surface area contributed by atoms with Gasteiger partial charge in [-0.1, -0.05) is 24.3 Å². The lowest BCUT2D eigenvalue weighted by atomic mass is 10.1. The zero-order valence-electron chi connectivity index (χ0n) is 10.0. The zero-order valence-corrected chi connectivity index (χ0v) is 10.0. The molecule has 0 aliphatic rings. The van der Waals surface area contributed by atoms with Crippen molar-refractivity contribution in [2.45, 2.75) is 13.3 Å². The molecule has 0 aliphatic heterocycles. The van der Waals surface area contributed by atoms with Crippen LogP contribution in [0.2, 0.25) is 0 Å². The number of aromatic nitrogens is 4. The van der Waals surface area contributed by atoms with Crippen molar-refractivity contribution >= 4 is 17.0 Å². The summed E-state index contributed by atoms with van der Waals surface area (Å²) in [6, 6.07) is 8.24. The van der Waals surface area contributed by atoms with Gasteiger partial charge in [0, 0.05) is 6.42 Å². The fraction of sp³-hybridized carbons (Fsp3) is 0.154. The van der Waals surface area contributed by atoms with E-state index in [-0.39, 0.29) is 0 Å². The largest absolute Gasteiger partial charge is 0.382 e. The number of anilines is 1. The van der Waals surface area contributed by atoms with E-state index in [1.165, 1.54) is 17.5 Å². The van der Waals surface area contributed by atoms with Gasteiger partial charge in [0.05, 0.1) is 0 Å². The molecule has 0 unspecified atom stereocenters. The number of imidazole rings is 1. The van der Waals surface area contributed by atoms with Crippen LogP contribution < -0.4 is 5.73 Å². The van der Waals surface area contributed by atoms with Crippen LogP contribution in [0.5, 0.6) is 0 Å². The van der Waals surface area contributed by atoms with Gasteiger partial charge in [-0.15, -0.1) is 0 Å². The van der Waals surface area contributed by atoms with E-state index in [4.69, 9.17) is 5.73 Å². The maximum absolute atomic E-state index is 5.77. The van der Waals surface area contributed by atoms with Crippen molar-refractivity contribution in [2.24, 2.45) is 0 Å². The number of nitrogens with one attached hydrogen (secondary N) is 1. The number of aryl methyl sites for hydroxylation is 1. The van der Waals surface area contributed by atoms with Crippen LogP contribution in [0.25, 0.3) is 11.2 Å². The van der Waals surface area contributed by atoms with Gasteiger partial charge in [-0.3, -0.25) is 0 Å². The first-order valence-corrected chi connectivity index (χ1v) is 5.73. The lowest BCUT2D eigenvalue weighted by Crippen LogP contribution is -1.93. The molecule has 5 nitrogen and oxygen atoms in total. The van der Waals surface area contributed by atoms with E-state index < -0.39 is 0 Å². The Morgan fingerprint density at radius 2 is 2.06 bits per heavy atom. The average molecular weight is 239 g/mol. The maximum atomic E-state index is 5.77. The summed E-state index contributed by atoms with van der Waals surface area (Å²) in [6.45, 7) is 2.09. The number of H-pyrrole nitrogens is 1. The fourth-order valence-electron chi connectivity index (χ4n) is 1.97. The van der Waals surface area contributed by atoms with Crippen LogP contribution in [-0.4, -0.2) is 19.9 Å². The van der Waals surface area contributed by atoms with Gasteiger partial charge in [-0.05, 0) is 18.1 Å². The second-order valence-electron chi connectivity index (χ2n) is 4.24. The summed E-state index contributed by atoms with van der Waals surface area (Å²) in [5.74, 6) is 1.29. The summed E-state index contributed by atoms with van der Waals surface area (Å²) in [6.07, 6.45) is 2.17. The fourth-order valence-corrected chi connectivity index (χ4v) is 1.97. The SMILES string of the molecule is Cc1ccccc1Cc1nc2ncnc(N)c2[nH]1. The van der Waals surface area contributed by atoms with E-state index >= 15 is 0 Å². The molecule has 2 heterocycles. The molecule has 3 rings (SSSR count).